The lowest BCUT2D eigenvalue weighted by atomic mass is 9.50. The Kier molecular flexibility index (Phi) is 7.31. The minimum absolute atomic E-state index is 0.00963. The number of aliphatic hydroxyl groups excluding tert-OH is 2. The van der Waals surface area contributed by atoms with Gasteiger partial charge in [-0.3, -0.25) is 29.0 Å². The number of Topliss-reactive ketones (excluding diaryl/α,β-unsaturated/α-hetero) is 3. The van der Waals surface area contributed by atoms with E-state index in [1.165, 1.54) is 25.1 Å². The molecule has 2 fully saturated rings. The minimum Gasteiger partial charge on any atom is -0.508 e. The van der Waals surface area contributed by atoms with E-state index in [1.807, 2.05) is 4.90 Å². The van der Waals surface area contributed by atoms with Gasteiger partial charge in [0.15, 0.2) is 11.4 Å². The average molecular weight is 570 g/mol. The molecule has 220 valence electrons. The van der Waals surface area contributed by atoms with Gasteiger partial charge in [0.2, 0.25) is 5.78 Å². The number of likely N-dealkylation sites (N-methyl/N-ethyl adjacent to an activating group) is 1. The van der Waals surface area contributed by atoms with E-state index in [0.29, 0.717) is 32.0 Å². The van der Waals surface area contributed by atoms with Crippen LogP contribution in [0.1, 0.15) is 36.8 Å². The van der Waals surface area contributed by atoms with Crippen LogP contribution in [0.3, 0.4) is 0 Å². The van der Waals surface area contributed by atoms with E-state index in [9.17, 15) is 39.6 Å². The normalized spacial score (nSPS) is 31.8. The topological polar surface area (TPSA) is 191 Å². The molecule has 0 bridgehead atoms. The molecule has 1 saturated heterocycles. The monoisotopic (exact) mass is 569 g/mol. The van der Waals surface area contributed by atoms with Gasteiger partial charge in [-0.1, -0.05) is 19.1 Å². The molecule has 1 saturated carbocycles. The summed E-state index contributed by atoms with van der Waals surface area (Å²) in [6.07, 6.45) is -0.0525. The predicted molar refractivity (Wildman–Crippen MR) is 144 cm³/mol. The number of phenols is 1. The molecule has 6 atom stereocenters. The second kappa shape index (κ2) is 10.4. The fourth-order valence-electron chi connectivity index (χ4n) is 7.33. The molecule has 0 aromatic heterocycles. The number of aliphatic hydroxyl groups is 3. The zero-order valence-electron chi connectivity index (χ0n) is 23.2. The lowest BCUT2D eigenvalue weighted by molar-refractivity contribution is -0.162. The van der Waals surface area contributed by atoms with E-state index in [2.05, 4.69) is 0 Å². The second-order valence-corrected chi connectivity index (χ2v) is 11.6. The molecule has 12 nitrogen and oxygen atoms in total. The first-order valence-corrected chi connectivity index (χ1v) is 13.6. The van der Waals surface area contributed by atoms with Gasteiger partial charge in [0.05, 0.1) is 24.9 Å². The van der Waals surface area contributed by atoms with Crippen molar-refractivity contribution in [3.05, 3.63) is 46.2 Å². The van der Waals surface area contributed by atoms with Crippen molar-refractivity contribution < 1.29 is 44.3 Å². The van der Waals surface area contributed by atoms with Crippen molar-refractivity contribution in [2.75, 3.05) is 40.5 Å². The fourth-order valence-corrected chi connectivity index (χ4v) is 7.33. The highest BCUT2D eigenvalue weighted by Crippen LogP contribution is 2.59. The Hall–Kier alpha value is -3.58. The number of primary amides is 1. The summed E-state index contributed by atoms with van der Waals surface area (Å²) in [4.78, 5) is 57.1. The molecule has 5 rings (SSSR count). The summed E-state index contributed by atoms with van der Waals surface area (Å²) >= 11 is 0. The molecule has 1 aromatic carbocycles. The Labute approximate surface area is 236 Å². The molecular weight excluding hydrogens is 534 g/mol. The lowest BCUT2D eigenvalue weighted by Crippen LogP contribution is -2.69. The van der Waals surface area contributed by atoms with E-state index in [0.717, 1.165) is 0 Å². The first kappa shape index (κ1) is 28.9. The first-order valence-electron chi connectivity index (χ1n) is 13.6. The molecule has 0 radical (unpaired) electrons. The molecule has 1 aromatic rings. The van der Waals surface area contributed by atoms with Crippen LogP contribution in [0.4, 0.5) is 0 Å². The number of nitrogens with two attached hydrogens (primary N) is 1. The smallest absolute Gasteiger partial charge is 0.255 e. The summed E-state index contributed by atoms with van der Waals surface area (Å²) in [6, 6.07) is 3.35. The number of fused-ring (bicyclic) bond motifs is 3. The first-order chi connectivity index (χ1) is 19.3. The standard InChI is InChI=1S/C29H35N3O9/c1-13-15-5-4-6-17(34)19(15)24(35)20-18(13)16(11-14(33)7-8-32-9-10-41-12-32)22-23(31(2)3)25(36)21(28(30)39)27(38)29(22,40)26(20)37/h4-6,13,16,18,22-23,34-35,38,40H,7-12H2,1-3H3,(H2,30,39). The summed E-state index contributed by atoms with van der Waals surface area (Å²) < 4.78 is 5.34. The number of hydrogen-bond acceptors (Lipinski definition) is 11. The van der Waals surface area contributed by atoms with Crippen molar-refractivity contribution in [1.82, 2.24) is 9.80 Å². The van der Waals surface area contributed by atoms with Crippen LogP contribution in [0.2, 0.25) is 0 Å². The lowest BCUT2D eigenvalue weighted by Gasteiger charge is -2.55. The van der Waals surface area contributed by atoms with Crippen LogP contribution >= 0.6 is 0 Å². The third kappa shape index (κ3) is 4.28. The number of ether oxygens (including phenoxy) is 1. The van der Waals surface area contributed by atoms with Crippen LogP contribution in [0, 0.1) is 17.8 Å². The van der Waals surface area contributed by atoms with E-state index < -0.39 is 69.9 Å². The molecule has 1 amide bonds. The van der Waals surface area contributed by atoms with Crippen LogP contribution < -0.4 is 5.73 Å². The van der Waals surface area contributed by atoms with Gasteiger partial charge in [-0.25, -0.2) is 0 Å². The molecular formula is C29H35N3O9. The maximum atomic E-state index is 14.2. The number of amides is 1. The van der Waals surface area contributed by atoms with E-state index in [-0.39, 0.29) is 35.5 Å². The number of hydrogen-bond donors (Lipinski definition) is 5. The predicted octanol–water partition coefficient (Wildman–Crippen LogP) is 0.390. The molecule has 41 heavy (non-hydrogen) atoms. The number of carbonyl (C=O) groups is 4. The fraction of sp³-hybridized carbons (Fsp3) is 0.517. The molecule has 12 heteroatoms. The molecule has 6 N–H and O–H groups in total. The van der Waals surface area contributed by atoms with E-state index in [4.69, 9.17) is 10.5 Å². The van der Waals surface area contributed by atoms with E-state index >= 15 is 0 Å². The zero-order chi connectivity index (χ0) is 30.0. The number of aromatic hydroxyl groups is 1. The van der Waals surface area contributed by atoms with Crippen LogP contribution in [-0.2, 0) is 23.9 Å². The SMILES string of the molecule is CC1c2cccc(O)c2C(O)=C2C(=O)C3(O)C(O)=C(C(N)=O)C(=O)C(N(C)C)C3C(CC(=O)CCN3CCOC3)C21. The number of carbonyl (C=O) groups excluding carboxylic acids is 4. The Morgan fingerprint density at radius 2 is 1.90 bits per heavy atom. The molecule has 1 heterocycles. The van der Waals surface area contributed by atoms with Crippen LogP contribution in [0.5, 0.6) is 5.75 Å². The van der Waals surface area contributed by atoms with Crippen LogP contribution in [0.15, 0.2) is 35.1 Å². The van der Waals surface area contributed by atoms with Crippen molar-refractivity contribution >= 4 is 29.0 Å². The summed E-state index contributed by atoms with van der Waals surface area (Å²) in [5.41, 5.74) is 1.95. The summed E-state index contributed by atoms with van der Waals surface area (Å²) in [5.74, 6) is -9.27. The Bertz CT molecular complexity index is 1390. The zero-order valence-corrected chi connectivity index (χ0v) is 23.2. The highest BCUT2D eigenvalue weighted by atomic mass is 16.5. The van der Waals surface area contributed by atoms with Gasteiger partial charge in [-0.2, -0.15) is 0 Å². The van der Waals surface area contributed by atoms with Gasteiger partial charge in [0, 0.05) is 43.3 Å². The van der Waals surface area contributed by atoms with Gasteiger partial charge in [-0.05, 0) is 37.6 Å². The molecule has 6 unspecified atom stereocenters. The number of ketones is 3. The third-order valence-corrected chi connectivity index (χ3v) is 9.18. The molecule has 4 aliphatic rings. The quantitative estimate of drug-likeness (QED) is 0.286. The van der Waals surface area contributed by atoms with Crippen LogP contribution in [-0.4, -0.2) is 106 Å². The second-order valence-electron chi connectivity index (χ2n) is 11.6. The number of nitrogens with zero attached hydrogens (tertiary/aromatic N) is 2. The van der Waals surface area contributed by atoms with E-state index in [1.54, 1.807) is 19.1 Å². The summed E-state index contributed by atoms with van der Waals surface area (Å²) in [6.45, 7) is 3.86. The van der Waals surface area contributed by atoms with Gasteiger partial charge in [-0.15, -0.1) is 0 Å². The Balaban J connectivity index is 1.71. The Morgan fingerprint density at radius 1 is 1.20 bits per heavy atom. The van der Waals surface area contributed by atoms with Gasteiger partial charge >= 0.3 is 0 Å². The highest BCUT2D eigenvalue weighted by Gasteiger charge is 2.68. The Morgan fingerprint density at radius 3 is 2.51 bits per heavy atom. The van der Waals surface area contributed by atoms with Gasteiger partial charge in [0.1, 0.15) is 28.6 Å². The maximum Gasteiger partial charge on any atom is 0.255 e. The number of phenolic OH excluding ortho intramolecular Hbond substituents is 1. The largest absolute Gasteiger partial charge is 0.508 e. The average Bonchev–Trinajstić information content (AvgIpc) is 3.42. The van der Waals surface area contributed by atoms with Crippen molar-refractivity contribution in [3.63, 3.8) is 0 Å². The molecule has 3 aliphatic carbocycles. The third-order valence-electron chi connectivity index (χ3n) is 9.18. The highest BCUT2D eigenvalue weighted by molar-refractivity contribution is 6.24. The molecule has 1 aliphatic heterocycles. The van der Waals surface area contributed by atoms with Crippen molar-refractivity contribution in [2.24, 2.45) is 23.5 Å². The number of rotatable bonds is 7. The number of benzene rings is 1. The minimum atomic E-state index is -2.84. The van der Waals surface area contributed by atoms with Gasteiger partial charge in [0.25, 0.3) is 5.91 Å². The molecule has 0 spiro atoms. The van der Waals surface area contributed by atoms with Crippen molar-refractivity contribution in [3.8, 4) is 5.75 Å². The van der Waals surface area contributed by atoms with Crippen LogP contribution in [0.25, 0.3) is 5.76 Å². The van der Waals surface area contributed by atoms with Crippen molar-refractivity contribution in [2.45, 2.75) is 37.3 Å². The summed E-state index contributed by atoms with van der Waals surface area (Å²) in [5, 5.41) is 45.4. The van der Waals surface area contributed by atoms with Gasteiger partial charge < -0.3 is 30.9 Å². The maximum absolute atomic E-state index is 14.2. The van der Waals surface area contributed by atoms with Crippen molar-refractivity contribution in [1.29, 1.82) is 0 Å². The summed E-state index contributed by atoms with van der Waals surface area (Å²) in [7, 11) is 3.06.